The van der Waals surface area contributed by atoms with Crippen molar-refractivity contribution in [2.24, 2.45) is 0 Å². The maximum absolute atomic E-state index is 13.0. The van der Waals surface area contributed by atoms with Gasteiger partial charge in [0, 0.05) is 19.2 Å². The minimum absolute atomic E-state index is 0.00294. The van der Waals surface area contributed by atoms with Crippen molar-refractivity contribution in [3.05, 3.63) is 64.7 Å². The summed E-state index contributed by atoms with van der Waals surface area (Å²) in [4.78, 5) is 26.4. The van der Waals surface area contributed by atoms with Crippen molar-refractivity contribution in [2.45, 2.75) is 47.1 Å². The van der Waals surface area contributed by atoms with E-state index in [2.05, 4.69) is 11.4 Å². The van der Waals surface area contributed by atoms with Crippen molar-refractivity contribution in [1.29, 1.82) is 0 Å². The van der Waals surface area contributed by atoms with Gasteiger partial charge in [-0.1, -0.05) is 35.9 Å². The molecule has 2 aromatic rings. The van der Waals surface area contributed by atoms with Crippen molar-refractivity contribution >= 4 is 17.5 Å². The molecule has 0 aromatic heterocycles. The topological polar surface area (TPSA) is 49.4 Å². The summed E-state index contributed by atoms with van der Waals surface area (Å²) < 4.78 is 0. The van der Waals surface area contributed by atoms with Gasteiger partial charge in [-0.3, -0.25) is 9.59 Å². The Morgan fingerprint density at radius 2 is 1.54 bits per heavy atom. The Morgan fingerprint density at radius 1 is 0.962 bits per heavy atom. The second-order valence-corrected chi connectivity index (χ2v) is 6.85. The van der Waals surface area contributed by atoms with Crippen molar-refractivity contribution in [2.75, 3.05) is 11.4 Å². The predicted octanol–water partition coefficient (Wildman–Crippen LogP) is 4.23. The Bertz CT molecular complexity index is 761. The minimum Gasteiger partial charge on any atom is -0.349 e. The third kappa shape index (κ3) is 5.19. The molecule has 4 heteroatoms. The van der Waals surface area contributed by atoms with Crippen LogP contribution in [0.5, 0.6) is 0 Å². The van der Waals surface area contributed by atoms with Gasteiger partial charge in [0.05, 0.1) is 12.5 Å². The fourth-order valence-corrected chi connectivity index (χ4v) is 3.19. The molecule has 1 atom stereocenters. The molecule has 2 aromatic carbocycles. The van der Waals surface area contributed by atoms with Gasteiger partial charge < -0.3 is 10.2 Å². The highest BCUT2D eigenvalue weighted by Gasteiger charge is 2.22. The van der Waals surface area contributed by atoms with Crippen LogP contribution < -0.4 is 10.2 Å². The molecule has 0 fully saturated rings. The van der Waals surface area contributed by atoms with E-state index < -0.39 is 0 Å². The summed E-state index contributed by atoms with van der Waals surface area (Å²) in [7, 11) is 0. The van der Waals surface area contributed by atoms with E-state index in [0.717, 1.165) is 27.9 Å². The van der Waals surface area contributed by atoms with Gasteiger partial charge in [-0.05, 0) is 56.5 Å². The molecule has 2 amide bonds. The van der Waals surface area contributed by atoms with E-state index in [0.29, 0.717) is 6.54 Å². The number of hydrogen-bond acceptors (Lipinski definition) is 2. The summed E-state index contributed by atoms with van der Waals surface area (Å²) in [5.74, 6) is -0.144. The molecule has 0 spiro atoms. The van der Waals surface area contributed by atoms with Gasteiger partial charge in [0.25, 0.3) is 0 Å². The SMILES string of the molecule is CCN(C(=O)CC(NC(C)=O)c1ccc(C)cc1)c1cc(C)cc(C)c1. The Morgan fingerprint density at radius 3 is 2.04 bits per heavy atom. The Hall–Kier alpha value is -2.62. The number of carbonyl (C=O) groups is 2. The van der Waals surface area contributed by atoms with Gasteiger partial charge >= 0.3 is 0 Å². The smallest absolute Gasteiger partial charge is 0.229 e. The fourth-order valence-electron chi connectivity index (χ4n) is 3.19. The summed E-state index contributed by atoms with van der Waals surface area (Å²) in [5.41, 5.74) is 5.24. The highest BCUT2D eigenvalue weighted by atomic mass is 16.2. The molecule has 1 unspecified atom stereocenters. The molecule has 0 aliphatic rings. The molecule has 0 saturated carbocycles. The average Bonchev–Trinajstić information content (AvgIpc) is 2.54. The molecule has 0 saturated heterocycles. The first kappa shape index (κ1) is 19.7. The molecular weight excluding hydrogens is 324 g/mol. The van der Waals surface area contributed by atoms with Crippen LogP contribution in [0.15, 0.2) is 42.5 Å². The monoisotopic (exact) mass is 352 g/mol. The summed E-state index contributed by atoms with van der Waals surface area (Å²) in [6.07, 6.45) is 0.226. The van der Waals surface area contributed by atoms with Gasteiger partial charge in [0.1, 0.15) is 0 Å². The highest BCUT2D eigenvalue weighted by Crippen LogP contribution is 2.23. The van der Waals surface area contributed by atoms with Gasteiger partial charge in [-0.25, -0.2) is 0 Å². The minimum atomic E-state index is -0.333. The van der Waals surface area contributed by atoms with Gasteiger partial charge in [0.15, 0.2) is 0 Å². The van der Waals surface area contributed by atoms with E-state index in [1.54, 1.807) is 4.90 Å². The number of carbonyl (C=O) groups excluding carboxylic acids is 2. The van der Waals surface area contributed by atoms with Crippen LogP contribution in [0.2, 0.25) is 0 Å². The summed E-state index contributed by atoms with van der Waals surface area (Å²) in [6.45, 7) is 10.1. The van der Waals surface area contributed by atoms with Crippen LogP contribution in [0.3, 0.4) is 0 Å². The molecule has 1 N–H and O–H groups in total. The van der Waals surface area contributed by atoms with Crippen LogP contribution in [-0.2, 0) is 9.59 Å². The first-order valence-electron chi connectivity index (χ1n) is 9.02. The summed E-state index contributed by atoms with van der Waals surface area (Å²) >= 11 is 0. The van der Waals surface area contributed by atoms with Crippen molar-refractivity contribution in [3.8, 4) is 0 Å². The molecule has 2 rings (SSSR count). The maximum Gasteiger partial charge on any atom is 0.229 e. The largest absolute Gasteiger partial charge is 0.349 e. The zero-order valence-corrected chi connectivity index (χ0v) is 16.3. The second kappa shape index (κ2) is 8.65. The number of amides is 2. The lowest BCUT2D eigenvalue weighted by molar-refractivity contribution is -0.121. The van der Waals surface area contributed by atoms with E-state index in [1.165, 1.54) is 6.92 Å². The zero-order chi connectivity index (χ0) is 19.3. The highest BCUT2D eigenvalue weighted by molar-refractivity contribution is 5.94. The molecule has 26 heavy (non-hydrogen) atoms. The Labute approximate surface area is 156 Å². The molecule has 138 valence electrons. The summed E-state index contributed by atoms with van der Waals surface area (Å²) in [6, 6.07) is 13.7. The third-order valence-electron chi connectivity index (χ3n) is 4.37. The van der Waals surface area contributed by atoms with E-state index in [4.69, 9.17) is 0 Å². The number of aryl methyl sites for hydroxylation is 3. The molecule has 0 heterocycles. The number of nitrogens with one attached hydrogen (secondary N) is 1. The Kier molecular flexibility index (Phi) is 6.56. The van der Waals surface area contributed by atoms with Gasteiger partial charge in [-0.15, -0.1) is 0 Å². The first-order chi connectivity index (χ1) is 12.3. The molecule has 0 aliphatic carbocycles. The standard InChI is InChI=1S/C22H28N2O2/c1-6-24(20-12-16(3)11-17(4)13-20)22(26)14-21(23-18(5)25)19-9-7-15(2)8-10-19/h7-13,21H,6,14H2,1-5H3,(H,23,25). The number of anilines is 1. The quantitative estimate of drug-likeness (QED) is 0.846. The summed E-state index contributed by atoms with van der Waals surface area (Å²) in [5, 5.41) is 2.91. The van der Waals surface area contributed by atoms with Gasteiger partial charge in [-0.2, -0.15) is 0 Å². The van der Waals surface area contributed by atoms with E-state index >= 15 is 0 Å². The van der Waals surface area contributed by atoms with Crippen molar-refractivity contribution < 1.29 is 9.59 Å². The number of benzene rings is 2. The van der Waals surface area contributed by atoms with Crippen LogP contribution in [-0.4, -0.2) is 18.4 Å². The van der Waals surface area contributed by atoms with Crippen LogP contribution in [0.1, 0.15) is 48.6 Å². The third-order valence-corrected chi connectivity index (χ3v) is 4.37. The lowest BCUT2D eigenvalue weighted by Crippen LogP contribution is -2.36. The van der Waals surface area contributed by atoms with Crippen LogP contribution >= 0.6 is 0 Å². The number of nitrogens with zero attached hydrogens (tertiary/aromatic N) is 1. The number of hydrogen-bond donors (Lipinski definition) is 1. The lowest BCUT2D eigenvalue weighted by atomic mass is 10.0. The zero-order valence-electron chi connectivity index (χ0n) is 16.3. The predicted molar refractivity (Wildman–Crippen MR) is 106 cm³/mol. The van der Waals surface area contributed by atoms with Crippen LogP contribution in [0.4, 0.5) is 5.69 Å². The van der Waals surface area contributed by atoms with Crippen LogP contribution in [0, 0.1) is 20.8 Å². The molecular formula is C22H28N2O2. The number of rotatable bonds is 6. The average molecular weight is 352 g/mol. The molecule has 0 radical (unpaired) electrons. The molecule has 0 aliphatic heterocycles. The second-order valence-electron chi connectivity index (χ2n) is 6.85. The first-order valence-corrected chi connectivity index (χ1v) is 9.02. The van der Waals surface area contributed by atoms with E-state index in [9.17, 15) is 9.59 Å². The van der Waals surface area contributed by atoms with E-state index in [1.807, 2.05) is 64.1 Å². The van der Waals surface area contributed by atoms with Crippen LogP contribution in [0.25, 0.3) is 0 Å². The van der Waals surface area contributed by atoms with Crippen molar-refractivity contribution in [1.82, 2.24) is 5.32 Å². The molecule has 0 bridgehead atoms. The maximum atomic E-state index is 13.0. The Balaban J connectivity index is 2.26. The normalized spacial score (nSPS) is 11.7. The van der Waals surface area contributed by atoms with Gasteiger partial charge in [0.2, 0.25) is 11.8 Å². The molecule has 4 nitrogen and oxygen atoms in total. The lowest BCUT2D eigenvalue weighted by Gasteiger charge is -2.25. The van der Waals surface area contributed by atoms with Crippen molar-refractivity contribution in [3.63, 3.8) is 0 Å². The van der Waals surface area contributed by atoms with E-state index in [-0.39, 0.29) is 24.3 Å². The fraction of sp³-hybridized carbons (Fsp3) is 0.364.